The van der Waals surface area contributed by atoms with Gasteiger partial charge >= 0.3 is 5.97 Å². The molecular formula is C17H16Cl2N4O2S. The number of nitrogens with zero attached hydrogens (tertiary/aromatic N) is 1. The van der Waals surface area contributed by atoms with Crippen LogP contribution in [0.25, 0.3) is 0 Å². The lowest BCUT2D eigenvalue weighted by atomic mass is 9.82. The Labute approximate surface area is 165 Å². The topological polar surface area (TPSA) is 93.0 Å². The highest BCUT2D eigenvalue weighted by Gasteiger charge is 2.36. The van der Waals surface area contributed by atoms with E-state index in [1.807, 2.05) is 0 Å². The molecule has 0 aliphatic carbocycles. The minimum absolute atomic E-state index is 0.244. The molecule has 3 rings (SSSR count). The fourth-order valence-corrected chi connectivity index (χ4v) is 3.51. The van der Waals surface area contributed by atoms with Gasteiger partial charge in [0.05, 0.1) is 28.1 Å². The first-order valence-electron chi connectivity index (χ1n) is 7.83. The molecule has 1 aromatic carbocycles. The zero-order valence-corrected chi connectivity index (χ0v) is 16.4. The summed E-state index contributed by atoms with van der Waals surface area (Å²) in [4.78, 5) is 19.8. The smallest absolute Gasteiger partial charge is 0.336 e. The van der Waals surface area contributed by atoms with Crippen LogP contribution in [-0.2, 0) is 9.53 Å². The van der Waals surface area contributed by atoms with Gasteiger partial charge in [-0.3, -0.25) is 0 Å². The number of fused-ring (bicyclic) bond motifs is 1. The van der Waals surface area contributed by atoms with Crippen LogP contribution < -0.4 is 11.1 Å². The third-order valence-corrected chi connectivity index (χ3v) is 4.99. The number of allylic oxidation sites excluding steroid dienone is 1. The lowest BCUT2D eigenvalue weighted by molar-refractivity contribution is -0.138. The monoisotopic (exact) mass is 410 g/mol. The van der Waals surface area contributed by atoms with Crippen LogP contribution in [0.5, 0.6) is 0 Å². The number of nitrogens with one attached hydrogen (secondary N) is 2. The van der Waals surface area contributed by atoms with Crippen molar-refractivity contribution in [3.63, 3.8) is 0 Å². The molecule has 2 heterocycles. The highest BCUT2D eigenvalue weighted by atomic mass is 35.5. The maximum absolute atomic E-state index is 12.7. The molecule has 0 bridgehead atoms. The minimum Gasteiger partial charge on any atom is -0.463 e. The first kappa shape index (κ1) is 18.7. The average molecular weight is 411 g/mol. The van der Waals surface area contributed by atoms with Gasteiger partial charge in [0.1, 0.15) is 11.6 Å². The first-order chi connectivity index (χ1) is 12.3. The standard InChI is InChI=1S/C17H16Cl2N4O2S/c1-3-25-16(24)11-7(2)21-15-13(14(20)22-17(26)23-15)12(11)8-4-5-9(18)10(19)6-8/h4-6,12H,3H2,1-2H3,(H4,20,21,22,23,26). The van der Waals surface area contributed by atoms with Crippen molar-refractivity contribution in [1.29, 1.82) is 0 Å². The number of nitrogens with two attached hydrogens (primary N) is 1. The van der Waals surface area contributed by atoms with Crippen LogP contribution in [0, 0.1) is 4.77 Å². The summed E-state index contributed by atoms with van der Waals surface area (Å²) in [6.45, 7) is 3.78. The van der Waals surface area contributed by atoms with Gasteiger partial charge in [0.2, 0.25) is 0 Å². The lowest BCUT2D eigenvalue weighted by Crippen LogP contribution is -2.26. The lowest BCUT2D eigenvalue weighted by Gasteiger charge is -2.30. The van der Waals surface area contributed by atoms with Crippen molar-refractivity contribution in [3.05, 3.63) is 55.4 Å². The molecular weight excluding hydrogens is 395 g/mol. The average Bonchev–Trinajstić information content (AvgIpc) is 2.56. The van der Waals surface area contributed by atoms with Gasteiger partial charge < -0.3 is 20.8 Å². The Morgan fingerprint density at radius 1 is 1.38 bits per heavy atom. The molecule has 0 saturated carbocycles. The number of ether oxygens (including phenoxy) is 1. The molecule has 0 fully saturated rings. The molecule has 136 valence electrons. The van der Waals surface area contributed by atoms with Crippen LogP contribution in [0.4, 0.5) is 11.6 Å². The fourth-order valence-electron chi connectivity index (χ4n) is 3.00. The molecule has 0 spiro atoms. The largest absolute Gasteiger partial charge is 0.463 e. The summed E-state index contributed by atoms with van der Waals surface area (Å²) in [6, 6.07) is 5.17. The van der Waals surface area contributed by atoms with Crippen molar-refractivity contribution >= 4 is 53.0 Å². The second kappa shape index (κ2) is 7.26. The summed E-state index contributed by atoms with van der Waals surface area (Å²) in [5.74, 6) is -0.161. The van der Waals surface area contributed by atoms with E-state index in [-0.39, 0.29) is 11.4 Å². The van der Waals surface area contributed by atoms with Gasteiger partial charge in [-0.05, 0) is 43.8 Å². The number of hydrogen-bond donors (Lipinski definition) is 3. The molecule has 0 radical (unpaired) electrons. The Morgan fingerprint density at radius 2 is 2.12 bits per heavy atom. The number of nitrogen functional groups attached to an aromatic ring is 1. The van der Waals surface area contributed by atoms with Crippen molar-refractivity contribution in [1.82, 2.24) is 9.97 Å². The summed E-state index contributed by atoms with van der Waals surface area (Å²) < 4.78 is 5.49. The maximum atomic E-state index is 12.7. The third kappa shape index (κ3) is 3.30. The second-order valence-corrected chi connectivity index (χ2v) is 6.91. The Kier molecular flexibility index (Phi) is 5.22. The van der Waals surface area contributed by atoms with Crippen molar-refractivity contribution in [2.75, 3.05) is 17.7 Å². The number of aromatic nitrogens is 2. The highest BCUT2D eigenvalue weighted by Crippen LogP contribution is 2.44. The van der Waals surface area contributed by atoms with Gasteiger partial charge in [-0.25, -0.2) is 9.78 Å². The highest BCUT2D eigenvalue weighted by molar-refractivity contribution is 7.71. The van der Waals surface area contributed by atoms with Crippen LogP contribution in [0.1, 0.15) is 30.9 Å². The maximum Gasteiger partial charge on any atom is 0.336 e. The Bertz CT molecular complexity index is 987. The van der Waals surface area contributed by atoms with E-state index in [2.05, 4.69) is 15.3 Å². The number of rotatable bonds is 3. The third-order valence-electron chi connectivity index (χ3n) is 4.06. The summed E-state index contributed by atoms with van der Waals surface area (Å²) in [5.41, 5.74) is 8.56. The number of H-pyrrole nitrogens is 1. The quantitative estimate of drug-likeness (QED) is 0.511. The molecule has 1 unspecified atom stereocenters. The molecule has 1 atom stereocenters. The van der Waals surface area contributed by atoms with E-state index >= 15 is 0 Å². The molecule has 4 N–H and O–H groups in total. The SMILES string of the molecule is CCOC(=O)C1=C(C)Nc2nc(=S)[nH]c(N)c2C1c1ccc(Cl)c(Cl)c1. The molecule has 1 aliphatic rings. The van der Waals surface area contributed by atoms with E-state index < -0.39 is 11.9 Å². The Hall–Kier alpha value is -2.09. The second-order valence-electron chi connectivity index (χ2n) is 5.71. The van der Waals surface area contributed by atoms with Crippen molar-refractivity contribution in [3.8, 4) is 0 Å². The zero-order valence-electron chi connectivity index (χ0n) is 14.0. The molecule has 1 aliphatic heterocycles. The van der Waals surface area contributed by atoms with E-state index in [0.717, 1.165) is 5.56 Å². The zero-order chi connectivity index (χ0) is 19.0. The molecule has 26 heavy (non-hydrogen) atoms. The van der Waals surface area contributed by atoms with Crippen LogP contribution in [0.3, 0.4) is 0 Å². The molecule has 6 nitrogen and oxygen atoms in total. The number of benzene rings is 1. The molecule has 0 amide bonds. The minimum atomic E-state index is -0.528. The van der Waals surface area contributed by atoms with E-state index in [1.54, 1.807) is 32.0 Å². The summed E-state index contributed by atoms with van der Waals surface area (Å²) in [7, 11) is 0. The van der Waals surface area contributed by atoms with E-state index in [4.69, 9.17) is 45.9 Å². The van der Waals surface area contributed by atoms with Gasteiger partial charge in [0.15, 0.2) is 4.77 Å². The first-order valence-corrected chi connectivity index (χ1v) is 8.99. The predicted octanol–water partition coefficient (Wildman–Crippen LogP) is 4.42. The van der Waals surface area contributed by atoms with Crippen molar-refractivity contribution in [2.45, 2.75) is 19.8 Å². The van der Waals surface area contributed by atoms with Crippen LogP contribution in [0.15, 0.2) is 29.5 Å². The summed E-state index contributed by atoms with van der Waals surface area (Å²) in [6.07, 6.45) is 0. The Morgan fingerprint density at radius 3 is 2.77 bits per heavy atom. The van der Waals surface area contributed by atoms with Gasteiger partial charge in [-0.15, -0.1) is 0 Å². The number of carbonyl (C=O) groups is 1. The van der Waals surface area contributed by atoms with Gasteiger partial charge in [-0.2, -0.15) is 0 Å². The normalized spacial score (nSPS) is 16.1. The summed E-state index contributed by atoms with van der Waals surface area (Å²) in [5, 5.41) is 3.89. The number of aromatic amines is 1. The molecule has 2 aromatic rings. The number of carbonyl (C=O) groups excluding carboxylic acids is 1. The van der Waals surface area contributed by atoms with E-state index in [9.17, 15) is 4.79 Å². The van der Waals surface area contributed by atoms with Crippen molar-refractivity contribution < 1.29 is 9.53 Å². The van der Waals surface area contributed by atoms with E-state index in [1.165, 1.54) is 0 Å². The van der Waals surface area contributed by atoms with Gasteiger partial charge in [0, 0.05) is 11.3 Å². The van der Waals surface area contributed by atoms with Gasteiger partial charge in [0.25, 0.3) is 0 Å². The van der Waals surface area contributed by atoms with Gasteiger partial charge in [-0.1, -0.05) is 29.3 Å². The van der Waals surface area contributed by atoms with Crippen LogP contribution in [-0.4, -0.2) is 22.5 Å². The molecule has 0 saturated heterocycles. The van der Waals surface area contributed by atoms with Crippen LogP contribution >= 0.6 is 35.4 Å². The van der Waals surface area contributed by atoms with Crippen LogP contribution in [0.2, 0.25) is 10.0 Å². The summed E-state index contributed by atoms with van der Waals surface area (Å²) >= 11 is 17.3. The number of hydrogen-bond acceptors (Lipinski definition) is 6. The fraction of sp³-hybridized carbons (Fsp3) is 0.235. The number of anilines is 2. The molecule has 9 heteroatoms. The van der Waals surface area contributed by atoms with E-state index in [0.29, 0.717) is 38.5 Å². The Balaban J connectivity index is 2.28. The van der Waals surface area contributed by atoms with Crippen molar-refractivity contribution in [2.24, 2.45) is 0 Å². The number of esters is 1. The molecule has 1 aromatic heterocycles. The number of halogens is 2. The predicted molar refractivity (Wildman–Crippen MR) is 105 cm³/mol.